The number of aromatic nitrogens is 4. The Labute approximate surface area is 161 Å². The molecule has 2 aliphatic rings. The van der Waals surface area contributed by atoms with Gasteiger partial charge in [0.05, 0.1) is 16.8 Å². The van der Waals surface area contributed by atoms with Gasteiger partial charge in [0.15, 0.2) is 5.82 Å². The molecule has 4 heterocycles. The van der Waals surface area contributed by atoms with Gasteiger partial charge in [-0.3, -0.25) is 0 Å². The molecule has 0 radical (unpaired) electrons. The van der Waals surface area contributed by atoms with E-state index in [1.807, 2.05) is 0 Å². The summed E-state index contributed by atoms with van der Waals surface area (Å²) in [6.07, 6.45) is 6.80. The molecule has 0 bridgehead atoms. The zero-order valence-corrected chi connectivity index (χ0v) is 15.9. The molecule has 3 aromatic heterocycles. The number of nitrogens with zero attached hydrogens (tertiary/aromatic N) is 5. The number of hydrogen-bond donors (Lipinski definition) is 1. The van der Waals surface area contributed by atoms with E-state index in [-0.39, 0.29) is 23.9 Å². The van der Waals surface area contributed by atoms with Crippen LogP contribution in [0, 0.1) is 0 Å². The van der Waals surface area contributed by atoms with Crippen LogP contribution in [0.3, 0.4) is 0 Å². The lowest BCUT2D eigenvalue weighted by Crippen LogP contribution is -2.44. The number of rotatable bonds is 3. The summed E-state index contributed by atoms with van der Waals surface area (Å²) in [5.74, 6) is 2.62. The summed E-state index contributed by atoms with van der Waals surface area (Å²) in [4.78, 5) is 16.9. The van der Waals surface area contributed by atoms with E-state index >= 15 is 0 Å². The van der Waals surface area contributed by atoms with Gasteiger partial charge < -0.3 is 15.2 Å². The van der Waals surface area contributed by atoms with Crippen LogP contribution in [0.5, 0.6) is 0 Å². The maximum absolute atomic E-state index is 6.32. The lowest BCUT2D eigenvalue weighted by molar-refractivity contribution is 0.228. The van der Waals surface area contributed by atoms with Gasteiger partial charge in [-0.2, -0.15) is 4.98 Å². The van der Waals surface area contributed by atoms with Crippen LogP contribution >= 0.6 is 23.7 Å². The normalized spacial score (nSPS) is 22.0. The summed E-state index contributed by atoms with van der Waals surface area (Å²) in [6, 6.07) is 2.10. The molecule has 2 fully saturated rings. The first-order valence-corrected chi connectivity index (χ1v) is 9.67. The smallest absolute Gasteiger partial charge is 0.231 e. The Morgan fingerprint density at radius 1 is 1.27 bits per heavy atom. The van der Waals surface area contributed by atoms with Crippen molar-refractivity contribution in [2.45, 2.75) is 43.6 Å². The van der Waals surface area contributed by atoms with E-state index in [0.29, 0.717) is 11.7 Å². The van der Waals surface area contributed by atoms with Crippen molar-refractivity contribution in [3.05, 3.63) is 29.5 Å². The van der Waals surface area contributed by atoms with Gasteiger partial charge in [-0.05, 0) is 43.6 Å². The molecule has 1 saturated heterocycles. The quantitative estimate of drug-likeness (QED) is 0.731. The van der Waals surface area contributed by atoms with E-state index in [2.05, 4.69) is 36.5 Å². The number of hydrogen-bond acceptors (Lipinski definition) is 8. The number of fused-ring (bicyclic) bond motifs is 1. The standard InChI is InChI=1S/C17H20N6OS.ClH/c18-17(5-2-6-17)16-21-14(24-22-16)11-3-1-7-23(9-11)13-12-4-8-25-15(12)20-10-19-13;/h4,8,10-11H,1-3,5-7,9,18H2;1H. The highest BCUT2D eigenvalue weighted by Gasteiger charge is 2.40. The molecule has 1 aliphatic heterocycles. The zero-order chi connectivity index (χ0) is 16.9. The summed E-state index contributed by atoms with van der Waals surface area (Å²) < 4.78 is 5.58. The first-order valence-electron chi connectivity index (χ1n) is 8.79. The van der Waals surface area contributed by atoms with Crippen LogP contribution in [0.2, 0.25) is 0 Å². The second-order valence-electron chi connectivity index (χ2n) is 7.09. The van der Waals surface area contributed by atoms with Crippen molar-refractivity contribution >= 4 is 39.8 Å². The van der Waals surface area contributed by atoms with E-state index in [1.165, 1.54) is 0 Å². The molecule has 0 spiro atoms. The highest BCUT2D eigenvalue weighted by atomic mass is 35.5. The molecule has 1 atom stereocenters. The Morgan fingerprint density at radius 3 is 2.96 bits per heavy atom. The molecule has 0 amide bonds. The second kappa shape index (κ2) is 6.75. The minimum absolute atomic E-state index is 0. The lowest BCUT2D eigenvalue weighted by Gasteiger charge is -2.34. The molecule has 26 heavy (non-hydrogen) atoms. The van der Waals surface area contributed by atoms with Gasteiger partial charge in [0.25, 0.3) is 0 Å². The van der Waals surface area contributed by atoms with Crippen LogP contribution in [0.25, 0.3) is 10.2 Å². The Bertz CT molecular complexity index is 907. The van der Waals surface area contributed by atoms with E-state index < -0.39 is 0 Å². The zero-order valence-electron chi connectivity index (χ0n) is 14.3. The topological polar surface area (TPSA) is 94.0 Å². The Balaban J connectivity index is 0.00000168. The molecular weight excluding hydrogens is 372 g/mol. The fourth-order valence-corrected chi connectivity index (χ4v) is 4.51. The highest BCUT2D eigenvalue weighted by molar-refractivity contribution is 7.16. The van der Waals surface area contributed by atoms with Gasteiger partial charge in [-0.25, -0.2) is 9.97 Å². The van der Waals surface area contributed by atoms with Crippen LogP contribution in [0.4, 0.5) is 5.82 Å². The van der Waals surface area contributed by atoms with Crippen molar-refractivity contribution in [3.63, 3.8) is 0 Å². The second-order valence-corrected chi connectivity index (χ2v) is 7.98. The van der Waals surface area contributed by atoms with Gasteiger partial charge in [0, 0.05) is 13.1 Å². The summed E-state index contributed by atoms with van der Waals surface area (Å²) in [5, 5.41) is 7.35. The van der Waals surface area contributed by atoms with Crippen LogP contribution < -0.4 is 10.6 Å². The minimum Gasteiger partial charge on any atom is -0.355 e. The Morgan fingerprint density at radius 2 is 2.15 bits per heavy atom. The van der Waals surface area contributed by atoms with E-state index in [1.54, 1.807) is 17.7 Å². The number of nitrogens with two attached hydrogens (primary N) is 1. The van der Waals surface area contributed by atoms with Crippen molar-refractivity contribution in [2.24, 2.45) is 5.73 Å². The first-order chi connectivity index (χ1) is 12.2. The Hall–Kier alpha value is -1.77. The van der Waals surface area contributed by atoms with Crippen molar-refractivity contribution < 1.29 is 4.52 Å². The number of piperidine rings is 1. The summed E-state index contributed by atoms with van der Waals surface area (Å²) in [5.41, 5.74) is 5.96. The molecule has 0 aromatic carbocycles. The van der Waals surface area contributed by atoms with Crippen molar-refractivity contribution in [3.8, 4) is 0 Å². The molecule has 9 heteroatoms. The highest BCUT2D eigenvalue weighted by Crippen LogP contribution is 2.38. The number of thiophene rings is 1. The summed E-state index contributed by atoms with van der Waals surface area (Å²) in [6.45, 7) is 1.82. The van der Waals surface area contributed by atoms with Crippen LogP contribution in [0.15, 0.2) is 22.3 Å². The van der Waals surface area contributed by atoms with Crippen LogP contribution in [-0.2, 0) is 5.54 Å². The van der Waals surface area contributed by atoms with E-state index in [9.17, 15) is 0 Å². The molecule has 3 aromatic rings. The molecule has 7 nitrogen and oxygen atoms in total. The van der Waals surface area contributed by atoms with Crippen molar-refractivity contribution in [2.75, 3.05) is 18.0 Å². The predicted molar refractivity (Wildman–Crippen MR) is 103 cm³/mol. The van der Waals surface area contributed by atoms with Gasteiger partial charge in [0.2, 0.25) is 5.89 Å². The van der Waals surface area contributed by atoms with Gasteiger partial charge >= 0.3 is 0 Å². The van der Waals surface area contributed by atoms with Crippen molar-refractivity contribution in [1.82, 2.24) is 20.1 Å². The number of anilines is 1. The number of halogens is 1. The molecular formula is C17H21ClN6OS. The summed E-state index contributed by atoms with van der Waals surface area (Å²) >= 11 is 1.65. The largest absolute Gasteiger partial charge is 0.355 e. The average Bonchev–Trinajstić information content (AvgIpc) is 3.29. The third-order valence-electron chi connectivity index (χ3n) is 5.44. The van der Waals surface area contributed by atoms with Crippen LogP contribution in [0.1, 0.15) is 49.7 Å². The predicted octanol–water partition coefficient (Wildman–Crippen LogP) is 3.22. The first kappa shape index (κ1) is 17.6. The molecule has 1 saturated carbocycles. The SMILES string of the molecule is Cl.NC1(c2noc(C3CCCN(c4ncnc5sccc45)C3)n2)CCC1. The Kier molecular flexibility index (Phi) is 4.58. The molecule has 1 aliphatic carbocycles. The third kappa shape index (κ3) is 2.86. The van der Waals surface area contributed by atoms with Gasteiger partial charge in [-0.1, -0.05) is 5.16 Å². The average molecular weight is 393 g/mol. The lowest BCUT2D eigenvalue weighted by atomic mass is 9.77. The molecule has 5 rings (SSSR count). The maximum Gasteiger partial charge on any atom is 0.231 e. The monoisotopic (exact) mass is 392 g/mol. The van der Waals surface area contributed by atoms with Gasteiger partial charge in [0.1, 0.15) is 17.0 Å². The fourth-order valence-electron chi connectivity index (χ4n) is 3.78. The van der Waals surface area contributed by atoms with E-state index in [0.717, 1.165) is 61.2 Å². The third-order valence-corrected chi connectivity index (χ3v) is 6.26. The molecule has 2 N–H and O–H groups in total. The van der Waals surface area contributed by atoms with Crippen LogP contribution in [-0.4, -0.2) is 33.2 Å². The fraction of sp³-hybridized carbons (Fsp3) is 0.529. The van der Waals surface area contributed by atoms with E-state index in [4.69, 9.17) is 10.3 Å². The molecule has 1 unspecified atom stereocenters. The van der Waals surface area contributed by atoms with Gasteiger partial charge in [-0.15, -0.1) is 23.7 Å². The van der Waals surface area contributed by atoms with Crippen molar-refractivity contribution in [1.29, 1.82) is 0 Å². The summed E-state index contributed by atoms with van der Waals surface area (Å²) in [7, 11) is 0. The maximum atomic E-state index is 6.32. The minimum atomic E-state index is -0.369. The molecule has 138 valence electrons.